The largest absolute Gasteiger partial charge is 0.297 e. The van der Waals surface area contributed by atoms with Gasteiger partial charge in [0.25, 0.3) is 0 Å². The summed E-state index contributed by atoms with van der Waals surface area (Å²) in [5.41, 5.74) is 0.739. The van der Waals surface area contributed by atoms with Gasteiger partial charge in [-0.1, -0.05) is 75.0 Å². The van der Waals surface area contributed by atoms with E-state index in [1.54, 1.807) is 6.07 Å². The third kappa shape index (κ3) is 4.12. The Morgan fingerprint density at radius 2 is 1.86 bits per heavy atom. The Morgan fingerprint density at radius 3 is 2.43 bits per heavy atom. The van der Waals surface area contributed by atoms with Gasteiger partial charge in [0, 0.05) is 10.0 Å². The van der Waals surface area contributed by atoms with E-state index in [0.29, 0.717) is 10.0 Å². The van der Waals surface area contributed by atoms with Gasteiger partial charge < -0.3 is 0 Å². The number of nitrogens with zero attached hydrogens (tertiary/aromatic N) is 5. The maximum atomic E-state index is 6.36. The Morgan fingerprint density at radius 1 is 1.18 bits per heavy atom. The van der Waals surface area contributed by atoms with Crippen molar-refractivity contribution in [1.82, 2.24) is 25.1 Å². The molecule has 2 aromatic rings. The highest BCUT2D eigenvalue weighted by molar-refractivity contribution is 6.35. The summed E-state index contributed by atoms with van der Waals surface area (Å²) >= 11 is 12.4. The summed E-state index contributed by atoms with van der Waals surface area (Å²) in [4.78, 5) is 2.28. The zero-order valence-electron chi connectivity index (χ0n) is 17.3. The Bertz CT molecular complexity index is 845. The molecule has 1 aliphatic carbocycles. The van der Waals surface area contributed by atoms with Crippen LogP contribution in [0.3, 0.4) is 0 Å². The minimum Gasteiger partial charge on any atom is -0.297 e. The number of rotatable bonds is 5. The van der Waals surface area contributed by atoms with Crippen molar-refractivity contribution < 1.29 is 0 Å². The van der Waals surface area contributed by atoms with Crippen LogP contribution >= 0.6 is 23.2 Å². The van der Waals surface area contributed by atoms with Crippen LogP contribution in [0.4, 0.5) is 0 Å². The molecule has 1 atom stereocenters. The molecule has 1 heterocycles. The number of aromatic nitrogens is 4. The molecule has 0 aliphatic heterocycles. The first-order valence-corrected chi connectivity index (χ1v) is 10.5. The van der Waals surface area contributed by atoms with Crippen LogP contribution in [0.25, 0.3) is 6.08 Å². The fourth-order valence-electron chi connectivity index (χ4n) is 4.09. The summed E-state index contributed by atoms with van der Waals surface area (Å²) in [7, 11) is 4.25. The Balaban J connectivity index is 2.03. The van der Waals surface area contributed by atoms with Gasteiger partial charge in [-0.05, 0) is 60.5 Å². The van der Waals surface area contributed by atoms with Gasteiger partial charge in [0.15, 0.2) is 5.82 Å². The van der Waals surface area contributed by atoms with E-state index < -0.39 is 0 Å². The van der Waals surface area contributed by atoms with Crippen LogP contribution in [-0.4, -0.2) is 39.2 Å². The maximum absolute atomic E-state index is 6.36. The Kier molecular flexibility index (Phi) is 6.18. The van der Waals surface area contributed by atoms with E-state index in [4.69, 9.17) is 23.2 Å². The molecule has 152 valence electrons. The normalized spacial score (nSPS) is 18.3. The first-order chi connectivity index (χ1) is 13.1. The number of halogens is 2. The van der Waals surface area contributed by atoms with Crippen LogP contribution in [0.15, 0.2) is 24.3 Å². The van der Waals surface area contributed by atoms with Crippen molar-refractivity contribution in [3.05, 3.63) is 45.7 Å². The first kappa shape index (κ1) is 21.3. The molecule has 0 spiro atoms. The molecule has 0 unspecified atom stereocenters. The molecule has 1 aromatic heterocycles. The maximum Gasteiger partial charge on any atom is 0.172 e. The molecular formula is C21H29Cl2N5. The van der Waals surface area contributed by atoms with Crippen LogP contribution in [0.5, 0.6) is 0 Å². The number of hydrogen-bond acceptors (Lipinski definition) is 4. The molecule has 28 heavy (non-hydrogen) atoms. The average molecular weight is 422 g/mol. The minimum absolute atomic E-state index is 0.0123. The van der Waals surface area contributed by atoms with E-state index in [1.807, 2.05) is 22.9 Å². The van der Waals surface area contributed by atoms with E-state index in [2.05, 4.69) is 61.4 Å². The third-order valence-corrected chi connectivity index (χ3v) is 6.33. The molecule has 0 N–H and O–H groups in total. The molecular weight excluding hydrogens is 393 g/mol. The topological polar surface area (TPSA) is 46.8 Å². The first-order valence-electron chi connectivity index (χ1n) is 9.74. The second-order valence-electron chi connectivity index (χ2n) is 8.92. The highest BCUT2D eigenvalue weighted by atomic mass is 35.5. The second-order valence-corrected chi connectivity index (χ2v) is 9.76. The molecule has 0 saturated heterocycles. The lowest BCUT2D eigenvalue weighted by molar-refractivity contribution is 0.130. The van der Waals surface area contributed by atoms with Crippen molar-refractivity contribution in [3.63, 3.8) is 0 Å². The molecule has 5 nitrogen and oxygen atoms in total. The highest BCUT2D eigenvalue weighted by Crippen LogP contribution is 2.43. The lowest BCUT2D eigenvalue weighted by atomic mass is 9.85. The van der Waals surface area contributed by atoms with Crippen LogP contribution in [0.2, 0.25) is 10.0 Å². The van der Waals surface area contributed by atoms with E-state index >= 15 is 0 Å². The van der Waals surface area contributed by atoms with Gasteiger partial charge in [0.1, 0.15) is 0 Å². The van der Waals surface area contributed by atoms with Crippen LogP contribution in [0, 0.1) is 5.41 Å². The minimum atomic E-state index is -0.112. The summed E-state index contributed by atoms with van der Waals surface area (Å²) in [5.74, 6) is 0.946. The molecule has 1 fully saturated rings. The van der Waals surface area contributed by atoms with Gasteiger partial charge in [-0.25, -0.2) is 4.68 Å². The monoisotopic (exact) mass is 421 g/mol. The van der Waals surface area contributed by atoms with E-state index in [1.165, 1.54) is 12.8 Å². The van der Waals surface area contributed by atoms with Crippen molar-refractivity contribution in [2.45, 2.75) is 58.0 Å². The molecule has 3 rings (SSSR count). The van der Waals surface area contributed by atoms with E-state index in [0.717, 1.165) is 24.2 Å². The summed E-state index contributed by atoms with van der Waals surface area (Å²) in [5, 5.41) is 14.3. The predicted molar refractivity (Wildman–Crippen MR) is 116 cm³/mol. The summed E-state index contributed by atoms with van der Waals surface area (Å²) in [6.07, 6.45) is 8.72. The van der Waals surface area contributed by atoms with Crippen molar-refractivity contribution in [3.8, 4) is 0 Å². The zero-order chi connectivity index (χ0) is 20.5. The molecule has 0 radical (unpaired) electrons. The van der Waals surface area contributed by atoms with Crippen LogP contribution in [0.1, 0.15) is 63.9 Å². The fourth-order valence-corrected chi connectivity index (χ4v) is 4.56. The fraction of sp³-hybridized carbons (Fsp3) is 0.571. The summed E-state index contributed by atoms with van der Waals surface area (Å²) in [6, 6.07) is 5.53. The Labute approximate surface area is 177 Å². The van der Waals surface area contributed by atoms with E-state index in [-0.39, 0.29) is 17.0 Å². The highest BCUT2D eigenvalue weighted by Gasteiger charge is 2.44. The van der Waals surface area contributed by atoms with Gasteiger partial charge in [-0.15, -0.1) is 5.10 Å². The van der Waals surface area contributed by atoms with Gasteiger partial charge in [0.05, 0.1) is 11.6 Å². The lowest BCUT2D eigenvalue weighted by Crippen LogP contribution is -2.42. The molecule has 7 heteroatoms. The summed E-state index contributed by atoms with van der Waals surface area (Å²) in [6.45, 7) is 6.61. The molecule has 1 aromatic carbocycles. The third-order valence-electron chi connectivity index (χ3n) is 5.77. The second kappa shape index (κ2) is 8.13. The smallest absolute Gasteiger partial charge is 0.172 e. The van der Waals surface area contributed by atoms with Gasteiger partial charge in [0.2, 0.25) is 0 Å². The lowest BCUT2D eigenvalue weighted by Gasteiger charge is -2.37. The zero-order valence-corrected chi connectivity index (χ0v) is 18.8. The number of benzene rings is 1. The molecule has 1 aliphatic rings. The SMILES string of the molecule is CN(C)C1(c2nnnn2[C@H](/C=C/c2ccc(Cl)cc2Cl)C(C)(C)C)CCCC1. The van der Waals surface area contributed by atoms with Gasteiger partial charge in [-0.3, -0.25) is 4.90 Å². The molecule has 0 amide bonds. The quantitative estimate of drug-likeness (QED) is 0.628. The van der Waals surface area contributed by atoms with Gasteiger partial charge in [-0.2, -0.15) is 0 Å². The van der Waals surface area contributed by atoms with Crippen molar-refractivity contribution in [2.24, 2.45) is 5.41 Å². The average Bonchev–Trinajstić information content (AvgIpc) is 3.25. The van der Waals surface area contributed by atoms with Crippen LogP contribution < -0.4 is 0 Å². The Hall–Kier alpha value is -1.43. The van der Waals surface area contributed by atoms with Crippen molar-refractivity contribution in [2.75, 3.05) is 14.1 Å². The van der Waals surface area contributed by atoms with E-state index in [9.17, 15) is 0 Å². The molecule has 1 saturated carbocycles. The van der Waals surface area contributed by atoms with Gasteiger partial charge >= 0.3 is 0 Å². The number of hydrogen-bond donors (Lipinski definition) is 0. The molecule has 0 bridgehead atoms. The van der Waals surface area contributed by atoms with Crippen molar-refractivity contribution in [1.29, 1.82) is 0 Å². The van der Waals surface area contributed by atoms with Crippen LogP contribution in [-0.2, 0) is 5.54 Å². The predicted octanol–water partition coefficient (Wildman–Crippen LogP) is 5.61. The number of allylic oxidation sites excluding steroid dienone is 1. The van der Waals surface area contributed by atoms with Crippen molar-refractivity contribution >= 4 is 29.3 Å². The summed E-state index contributed by atoms with van der Waals surface area (Å²) < 4.78 is 2.01. The standard InChI is InChI=1S/C21H29Cl2N5/c1-20(2,3)18(11-9-15-8-10-16(22)14-17(15)23)28-19(24-25-26-28)21(27(4)5)12-6-7-13-21/h8-11,14,18H,6-7,12-13H2,1-5H3/b11-9+/t18-/m1/s1. The number of tetrazole rings is 1.